The van der Waals surface area contributed by atoms with Crippen LogP contribution in [-0.4, -0.2) is 13.2 Å². The molecule has 0 amide bonds. The van der Waals surface area contributed by atoms with Crippen molar-refractivity contribution in [2.75, 3.05) is 13.2 Å². The fourth-order valence-electron chi connectivity index (χ4n) is 1.60. The molecule has 0 aliphatic rings. The van der Waals surface area contributed by atoms with E-state index in [9.17, 15) is 0 Å². The smallest absolute Gasteiger partial charge is 0.0931 e. The Morgan fingerprint density at radius 1 is 1.11 bits per heavy atom. The molecule has 0 saturated heterocycles. The first-order valence-corrected chi connectivity index (χ1v) is 7.59. The van der Waals surface area contributed by atoms with Crippen LogP contribution in [0.25, 0.3) is 0 Å². The van der Waals surface area contributed by atoms with Crippen LogP contribution in [0.4, 0.5) is 0 Å². The second-order valence-electron chi connectivity index (χ2n) is 4.03. The average molecular weight is 316 g/mol. The Morgan fingerprint density at radius 3 is 2.68 bits per heavy atom. The van der Waals surface area contributed by atoms with E-state index in [1.807, 2.05) is 36.4 Å². The largest absolute Gasteiger partial charge is 0.375 e. The number of halogens is 2. The molecule has 0 radical (unpaired) electrons. The molecule has 0 saturated carbocycles. The summed E-state index contributed by atoms with van der Waals surface area (Å²) in [6.07, 6.45) is 0. The summed E-state index contributed by atoms with van der Waals surface area (Å²) in [7, 11) is 0. The van der Waals surface area contributed by atoms with Gasteiger partial charge in [-0.15, -0.1) is 11.3 Å². The van der Waals surface area contributed by atoms with Crippen LogP contribution >= 0.6 is 34.5 Å². The van der Waals surface area contributed by atoms with Crippen LogP contribution in [0, 0.1) is 0 Å². The van der Waals surface area contributed by atoms with E-state index in [2.05, 4.69) is 5.32 Å². The van der Waals surface area contributed by atoms with E-state index >= 15 is 0 Å². The quantitative estimate of drug-likeness (QED) is 0.766. The molecule has 1 N–H and O–H groups in total. The van der Waals surface area contributed by atoms with Crippen molar-refractivity contribution in [1.82, 2.24) is 5.32 Å². The molecule has 5 heteroatoms. The summed E-state index contributed by atoms with van der Waals surface area (Å²) < 4.78 is 6.40. The Kier molecular flexibility index (Phi) is 6.14. The summed E-state index contributed by atoms with van der Waals surface area (Å²) in [6, 6.07) is 11.7. The van der Waals surface area contributed by atoms with Gasteiger partial charge >= 0.3 is 0 Å². The molecule has 1 aromatic carbocycles. The van der Waals surface area contributed by atoms with Crippen LogP contribution in [0.5, 0.6) is 0 Å². The minimum atomic E-state index is 0.548. The Bertz CT molecular complexity index is 516. The van der Waals surface area contributed by atoms with Crippen molar-refractivity contribution >= 4 is 34.5 Å². The summed E-state index contributed by atoms with van der Waals surface area (Å²) >= 11 is 13.5. The number of nitrogens with one attached hydrogen (secondary N) is 1. The predicted octanol–water partition coefficient (Wildman–Crippen LogP) is 4.36. The molecule has 0 aliphatic heterocycles. The fraction of sp³-hybridized carbons (Fsp3) is 0.286. The predicted molar refractivity (Wildman–Crippen MR) is 82.1 cm³/mol. The van der Waals surface area contributed by atoms with Crippen LogP contribution in [0.2, 0.25) is 9.36 Å². The number of hydrogen-bond donors (Lipinski definition) is 1. The van der Waals surface area contributed by atoms with Gasteiger partial charge in [0, 0.05) is 23.0 Å². The first kappa shape index (κ1) is 14.8. The monoisotopic (exact) mass is 315 g/mol. The molecular weight excluding hydrogens is 301 g/mol. The lowest BCUT2D eigenvalue weighted by Crippen LogP contribution is -2.18. The lowest BCUT2D eigenvalue weighted by molar-refractivity contribution is 0.122. The topological polar surface area (TPSA) is 21.3 Å². The van der Waals surface area contributed by atoms with Crippen molar-refractivity contribution in [1.29, 1.82) is 0 Å². The molecule has 1 heterocycles. The molecule has 2 nitrogen and oxygen atoms in total. The summed E-state index contributed by atoms with van der Waals surface area (Å²) in [6.45, 7) is 2.84. The number of benzene rings is 1. The molecule has 2 aromatic rings. The zero-order valence-corrected chi connectivity index (χ0v) is 12.7. The molecular formula is C14H15Cl2NOS. The zero-order valence-electron chi connectivity index (χ0n) is 10.4. The van der Waals surface area contributed by atoms with Gasteiger partial charge in [-0.1, -0.05) is 41.4 Å². The van der Waals surface area contributed by atoms with Crippen LogP contribution in [0.15, 0.2) is 36.4 Å². The van der Waals surface area contributed by atoms with Gasteiger partial charge < -0.3 is 10.1 Å². The van der Waals surface area contributed by atoms with Gasteiger partial charge in [0.15, 0.2) is 0 Å². The van der Waals surface area contributed by atoms with Crippen molar-refractivity contribution in [2.24, 2.45) is 0 Å². The molecule has 0 unspecified atom stereocenters. The molecule has 0 fully saturated rings. The van der Waals surface area contributed by atoms with E-state index in [1.165, 1.54) is 4.88 Å². The summed E-state index contributed by atoms with van der Waals surface area (Å²) in [5, 5.41) is 4.06. The van der Waals surface area contributed by atoms with Crippen molar-refractivity contribution in [3.63, 3.8) is 0 Å². The molecule has 1 aromatic heterocycles. The molecule has 0 spiro atoms. The second kappa shape index (κ2) is 7.88. The Hall–Kier alpha value is -0.580. The third-order valence-corrected chi connectivity index (χ3v) is 4.17. The van der Waals surface area contributed by atoms with E-state index in [0.29, 0.717) is 13.2 Å². The van der Waals surface area contributed by atoms with E-state index in [0.717, 1.165) is 28.0 Å². The summed E-state index contributed by atoms with van der Waals surface area (Å²) in [5.41, 5.74) is 1.02. The number of thiophene rings is 1. The highest BCUT2D eigenvalue weighted by Crippen LogP contribution is 2.20. The van der Waals surface area contributed by atoms with Gasteiger partial charge in [0.05, 0.1) is 17.6 Å². The summed E-state index contributed by atoms with van der Waals surface area (Å²) in [4.78, 5) is 1.23. The second-order valence-corrected chi connectivity index (χ2v) is 6.23. The van der Waals surface area contributed by atoms with Crippen LogP contribution in [-0.2, 0) is 17.9 Å². The maximum absolute atomic E-state index is 6.04. The van der Waals surface area contributed by atoms with Crippen LogP contribution in [0.3, 0.4) is 0 Å². The number of hydrogen-bond acceptors (Lipinski definition) is 3. The highest BCUT2D eigenvalue weighted by molar-refractivity contribution is 7.16. The Morgan fingerprint density at radius 2 is 1.95 bits per heavy atom. The van der Waals surface area contributed by atoms with E-state index in [1.54, 1.807) is 11.3 Å². The van der Waals surface area contributed by atoms with Gasteiger partial charge in [-0.3, -0.25) is 0 Å². The van der Waals surface area contributed by atoms with Crippen LogP contribution in [0.1, 0.15) is 10.4 Å². The average Bonchev–Trinajstić information content (AvgIpc) is 2.81. The lowest BCUT2D eigenvalue weighted by atomic mass is 10.2. The van der Waals surface area contributed by atoms with Gasteiger partial charge in [0.25, 0.3) is 0 Å². The standard InChI is InChI=1S/C14H15Cl2NOS/c15-13-4-2-1-3-11(13)10-18-8-7-17-9-12-5-6-14(16)19-12/h1-6,17H,7-10H2. The van der Waals surface area contributed by atoms with Crippen LogP contribution < -0.4 is 5.32 Å². The minimum Gasteiger partial charge on any atom is -0.375 e. The number of rotatable bonds is 7. The van der Waals surface area contributed by atoms with E-state index in [-0.39, 0.29) is 0 Å². The number of ether oxygens (including phenoxy) is 1. The van der Waals surface area contributed by atoms with Crippen molar-refractivity contribution in [3.05, 3.63) is 56.2 Å². The Labute approximate surface area is 127 Å². The molecule has 2 rings (SSSR count). The Balaban J connectivity index is 1.59. The molecule has 19 heavy (non-hydrogen) atoms. The molecule has 102 valence electrons. The van der Waals surface area contributed by atoms with Gasteiger partial charge in [-0.05, 0) is 23.8 Å². The first-order valence-electron chi connectivity index (χ1n) is 6.02. The van der Waals surface area contributed by atoms with E-state index in [4.69, 9.17) is 27.9 Å². The lowest BCUT2D eigenvalue weighted by Gasteiger charge is -2.06. The fourth-order valence-corrected chi connectivity index (χ4v) is 2.85. The third kappa shape index (κ3) is 5.13. The first-order chi connectivity index (χ1) is 9.25. The SMILES string of the molecule is Clc1ccc(CNCCOCc2ccccc2Cl)s1. The van der Waals surface area contributed by atoms with Crippen molar-refractivity contribution < 1.29 is 4.74 Å². The normalized spacial score (nSPS) is 10.8. The summed E-state index contributed by atoms with van der Waals surface area (Å²) in [5.74, 6) is 0. The van der Waals surface area contributed by atoms with Crippen molar-refractivity contribution in [3.8, 4) is 0 Å². The van der Waals surface area contributed by atoms with Gasteiger partial charge in [-0.25, -0.2) is 0 Å². The molecule has 0 atom stereocenters. The zero-order chi connectivity index (χ0) is 13.5. The molecule has 0 bridgehead atoms. The highest BCUT2D eigenvalue weighted by Gasteiger charge is 1.99. The van der Waals surface area contributed by atoms with Crippen molar-refractivity contribution in [2.45, 2.75) is 13.2 Å². The third-order valence-electron chi connectivity index (χ3n) is 2.57. The maximum atomic E-state index is 6.04. The highest BCUT2D eigenvalue weighted by atomic mass is 35.5. The maximum Gasteiger partial charge on any atom is 0.0931 e. The van der Waals surface area contributed by atoms with Gasteiger partial charge in [0.1, 0.15) is 0 Å². The molecule has 0 aliphatic carbocycles. The van der Waals surface area contributed by atoms with Gasteiger partial charge in [-0.2, -0.15) is 0 Å². The van der Waals surface area contributed by atoms with E-state index < -0.39 is 0 Å². The van der Waals surface area contributed by atoms with Gasteiger partial charge in [0.2, 0.25) is 0 Å². The minimum absolute atomic E-state index is 0.548.